The Morgan fingerprint density at radius 1 is 1.22 bits per heavy atom. The molecule has 1 aliphatic carbocycles. The van der Waals surface area contributed by atoms with Gasteiger partial charge in [-0.15, -0.1) is 0 Å². The van der Waals surface area contributed by atoms with E-state index in [2.05, 4.69) is 10.6 Å². The van der Waals surface area contributed by atoms with Crippen LogP contribution in [0, 0.1) is 5.82 Å². The van der Waals surface area contributed by atoms with E-state index >= 15 is 0 Å². The monoisotopic (exact) mass is 463 g/mol. The van der Waals surface area contributed by atoms with E-state index < -0.39 is 10.0 Å². The maximum absolute atomic E-state index is 13.8. The molecule has 2 aromatic carbocycles. The van der Waals surface area contributed by atoms with Crippen molar-refractivity contribution in [3.63, 3.8) is 0 Å². The van der Waals surface area contributed by atoms with Crippen molar-refractivity contribution in [1.29, 1.82) is 0 Å². The number of nitrogens with one attached hydrogen (secondary N) is 2. The van der Waals surface area contributed by atoms with E-state index in [1.165, 1.54) is 19.2 Å². The van der Waals surface area contributed by atoms with Crippen molar-refractivity contribution in [3.8, 4) is 5.75 Å². The number of halogens is 1. The van der Waals surface area contributed by atoms with Crippen LogP contribution >= 0.6 is 0 Å². The molecule has 1 amide bonds. The number of carbonyl (C=O) groups excluding carboxylic acids is 1. The smallest absolute Gasteiger partial charge is 0.251 e. The van der Waals surface area contributed by atoms with E-state index in [1.54, 1.807) is 12.1 Å². The Bertz CT molecular complexity index is 1040. The van der Waals surface area contributed by atoms with Crippen LogP contribution < -0.4 is 20.5 Å². The summed E-state index contributed by atoms with van der Waals surface area (Å²) in [6.45, 7) is 2.00. The lowest BCUT2D eigenvalue weighted by Gasteiger charge is -2.21. The third-order valence-corrected chi connectivity index (χ3v) is 6.64. The molecular formula is C23H30FN3O4S. The number of hydrogen-bond acceptors (Lipinski definition) is 5. The van der Waals surface area contributed by atoms with Gasteiger partial charge in [-0.1, -0.05) is 12.1 Å². The predicted molar refractivity (Wildman–Crippen MR) is 122 cm³/mol. The zero-order chi connectivity index (χ0) is 23.3. The highest BCUT2D eigenvalue weighted by Crippen LogP contribution is 2.35. The molecule has 3 rings (SSSR count). The number of hydrogen-bond donors (Lipinski definition) is 3. The molecule has 0 spiro atoms. The van der Waals surface area contributed by atoms with Gasteiger partial charge in [-0.2, -0.15) is 0 Å². The van der Waals surface area contributed by atoms with E-state index in [1.807, 2.05) is 25.1 Å². The SMILES string of the molecule is COc1cc(F)cc([C@@H](C)NC2CC[C@@H](c3ccc(C(=O)NCCS(N)(=O)=O)cc3)C2)c1. The second-order valence-corrected chi connectivity index (χ2v) is 10.00. The maximum atomic E-state index is 13.8. The van der Waals surface area contributed by atoms with Crippen molar-refractivity contribution in [2.45, 2.75) is 44.2 Å². The summed E-state index contributed by atoms with van der Waals surface area (Å²) in [5.74, 6) is -0.0572. The first kappa shape index (κ1) is 24.2. The summed E-state index contributed by atoms with van der Waals surface area (Å²) in [7, 11) is -2.08. The number of amides is 1. The van der Waals surface area contributed by atoms with Gasteiger partial charge in [0.2, 0.25) is 10.0 Å². The van der Waals surface area contributed by atoms with Crippen LogP contribution in [-0.2, 0) is 10.0 Å². The molecule has 0 heterocycles. The Labute approximate surface area is 188 Å². The minimum Gasteiger partial charge on any atom is -0.497 e. The van der Waals surface area contributed by atoms with Crippen LogP contribution in [-0.4, -0.2) is 39.8 Å². The minimum atomic E-state index is -3.60. The summed E-state index contributed by atoms with van der Waals surface area (Å²) in [4.78, 5) is 12.1. The van der Waals surface area contributed by atoms with Gasteiger partial charge in [0.1, 0.15) is 11.6 Å². The summed E-state index contributed by atoms with van der Waals surface area (Å²) in [6, 6.07) is 12.4. The largest absolute Gasteiger partial charge is 0.497 e. The van der Waals surface area contributed by atoms with Gasteiger partial charge < -0.3 is 15.4 Å². The fraction of sp³-hybridized carbons (Fsp3) is 0.435. The molecule has 1 unspecified atom stereocenters. The predicted octanol–water partition coefficient (Wildman–Crippen LogP) is 2.84. The number of nitrogens with two attached hydrogens (primary N) is 1. The number of primary sulfonamides is 1. The molecule has 1 saturated carbocycles. The third-order valence-electron chi connectivity index (χ3n) is 5.86. The van der Waals surface area contributed by atoms with Crippen molar-refractivity contribution in [3.05, 3.63) is 65.0 Å². The van der Waals surface area contributed by atoms with Crippen molar-refractivity contribution in [2.24, 2.45) is 5.14 Å². The normalized spacial score (nSPS) is 19.5. The number of carbonyl (C=O) groups is 1. The zero-order valence-corrected chi connectivity index (χ0v) is 19.1. The Morgan fingerprint density at radius 3 is 2.59 bits per heavy atom. The topological polar surface area (TPSA) is 111 Å². The molecule has 0 aliphatic heterocycles. The van der Waals surface area contributed by atoms with Gasteiger partial charge in [0.05, 0.1) is 12.9 Å². The second-order valence-electron chi connectivity index (χ2n) is 8.26. The fourth-order valence-corrected chi connectivity index (χ4v) is 4.54. The van der Waals surface area contributed by atoms with Crippen LogP contribution in [0.25, 0.3) is 0 Å². The molecule has 0 aromatic heterocycles. The van der Waals surface area contributed by atoms with Gasteiger partial charge >= 0.3 is 0 Å². The van der Waals surface area contributed by atoms with Gasteiger partial charge in [0, 0.05) is 30.3 Å². The molecule has 1 aliphatic rings. The molecular weight excluding hydrogens is 433 g/mol. The van der Waals surface area contributed by atoms with Gasteiger partial charge in [0.25, 0.3) is 5.91 Å². The molecule has 174 valence electrons. The first-order chi connectivity index (χ1) is 15.1. The van der Waals surface area contributed by atoms with Gasteiger partial charge in [-0.05, 0) is 67.5 Å². The highest BCUT2D eigenvalue weighted by atomic mass is 32.2. The average Bonchev–Trinajstić information content (AvgIpc) is 3.20. The van der Waals surface area contributed by atoms with E-state index in [0.29, 0.717) is 23.3 Å². The molecule has 9 heteroatoms. The lowest BCUT2D eigenvalue weighted by molar-refractivity contribution is 0.0956. The van der Waals surface area contributed by atoms with Crippen LogP contribution in [0.2, 0.25) is 0 Å². The molecule has 1 fully saturated rings. The number of benzene rings is 2. The Hall–Kier alpha value is -2.49. The highest BCUT2D eigenvalue weighted by Gasteiger charge is 2.27. The third kappa shape index (κ3) is 6.75. The van der Waals surface area contributed by atoms with Crippen LogP contribution in [0.15, 0.2) is 42.5 Å². The van der Waals surface area contributed by atoms with Crippen LogP contribution in [0.1, 0.15) is 59.6 Å². The van der Waals surface area contributed by atoms with Crippen molar-refractivity contribution in [2.75, 3.05) is 19.4 Å². The quantitative estimate of drug-likeness (QED) is 0.530. The lowest BCUT2D eigenvalue weighted by Crippen LogP contribution is -2.31. The van der Waals surface area contributed by atoms with E-state index in [-0.39, 0.29) is 30.1 Å². The molecule has 0 radical (unpaired) electrons. The van der Waals surface area contributed by atoms with E-state index in [0.717, 1.165) is 30.4 Å². The summed E-state index contributed by atoms with van der Waals surface area (Å²) < 4.78 is 40.9. The molecule has 32 heavy (non-hydrogen) atoms. The number of sulfonamides is 1. The van der Waals surface area contributed by atoms with E-state index in [9.17, 15) is 17.6 Å². The summed E-state index contributed by atoms with van der Waals surface area (Å²) in [6.07, 6.45) is 2.99. The second kappa shape index (κ2) is 10.4. The maximum Gasteiger partial charge on any atom is 0.251 e. The summed E-state index contributed by atoms with van der Waals surface area (Å²) in [5.41, 5.74) is 2.49. The Kier molecular flexibility index (Phi) is 7.86. The highest BCUT2D eigenvalue weighted by molar-refractivity contribution is 7.89. The average molecular weight is 464 g/mol. The molecule has 0 bridgehead atoms. The van der Waals surface area contributed by atoms with Crippen LogP contribution in [0.5, 0.6) is 5.75 Å². The lowest BCUT2D eigenvalue weighted by atomic mass is 9.96. The number of methoxy groups -OCH3 is 1. The van der Waals surface area contributed by atoms with Gasteiger partial charge in [0.15, 0.2) is 0 Å². The van der Waals surface area contributed by atoms with Gasteiger partial charge in [-0.3, -0.25) is 4.79 Å². The zero-order valence-electron chi connectivity index (χ0n) is 18.3. The molecule has 7 nitrogen and oxygen atoms in total. The van der Waals surface area contributed by atoms with Crippen molar-refractivity contribution in [1.82, 2.24) is 10.6 Å². The fourth-order valence-electron chi connectivity index (χ4n) is 4.15. The van der Waals surface area contributed by atoms with Crippen molar-refractivity contribution >= 4 is 15.9 Å². The minimum absolute atomic E-state index is 0.00763. The van der Waals surface area contributed by atoms with Crippen LogP contribution in [0.4, 0.5) is 4.39 Å². The number of rotatable bonds is 9. The first-order valence-corrected chi connectivity index (χ1v) is 12.4. The molecule has 2 aromatic rings. The molecule has 0 saturated heterocycles. The summed E-state index contributed by atoms with van der Waals surface area (Å²) >= 11 is 0. The molecule has 4 N–H and O–H groups in total. The standard InChI is InChI=1S/C23H30FN3O4S/c1-15(19-11-20(24)14-22(13-19)31-2)27-21-8-7-18(12-21)16-3-5-17(6-4-16)23(28)26-9-10-32(25,29)30/h3-6,11,13-15,18,21,27H,7-10,12H2,1-2H3,(H,26,28)(H2,25,29,30)/t15-,18-,21?/m1/s1. The van der Waals surface area contributed by atoms with Gasteiger partial charge in [-0.25, -0.2) is 17.9 Å². The summed E-state index contributed by atoms with van der Waals surface area (Å²) in [5, 5.41) is 11.1. The number of ether oxygens (including phenoxy) is 1. The van der Waals surface area contributed by atoms with E-state index in [4.69, 9.17) is 9.88 Å². The Morgan fingerprint density at radius 2 is 1.94 bits per heavy atom. The molecule has 3 atom stereocenters. The van der Waals surface area contributed by atoms with Crippen LogP contribution in [0.3, 0.4) is 0 Å². The Balaban J connectivity index is 1.54. The first-order valence-electron chi connectivity index (χ1n) is 10.6. The van der Waals surface area contributed by atoms with Crippen molar-refractivity contribution < 1.29 is 22.3 Å².